The van der Waals surface area contributed by atoms with Crippen molar-refractivity contribution >= 4 is 28.4 Å². The van der Waals surface area contributed by atoms with E-state index in [1.54, 1.807) is 6.92 Å². The van der Waals surface area contributed by atoms with Gasteiger partial charge in [0, 0.05) is 24.6 Å². The highest BCUT2D eigenvalue weighted by atomic mass is 16.5. The fraction of sp³-hybridized carbons (Fsp3) is 0.240. The molecule has 9 heteroatoms. The highest BCUT2D eigenvalue weighted by Gasteiger charge is 2.23. The maximum Gasteiger partial charge on any atom is 0.330 e. The Kier molecular flexibility index (Phi) is 6.65. The fourth-order valence-electron chi connectivity index (χ4n) is 3.81. The van der Waals surface area contributed by atoms with Crippen LogP contribution in [0.2, 0.25) is 0 Å². The van der Waals surface area contributed by atoms with Gasteiger partial charge in [-0.15, -0.1) is 0 Å². The van der Waals surface area contributed by atoms with Gasteiger partial charge in [-0.05, 0) is 25.0 Å². The van der Waals surface area contributed by atoms with Crippen molar-refractivity contribution < 1.29 is 13.9 Å². The van der Waals surface area contributed by atoms with Crippen LogP contribution in [0.5, 0.6) is 0 Å². The maximum absolute atomic E-state index is 13.3. The lowest BCUT2D eigenvalue weighted by molar-refractivity contribution is 0.0996. The van der Waals surface area contributed by atoms with Crippen LogP contribution >= 0.6 is 0 Å². The predicted octanol–water partition coefficient (Wildman–Crippen LogP) is 3.41. The molecule has 0 aliphatic rings. The topological polar surface area (TPSA) is 118 Å². The summed E-state index contributed by atoms with van der Waals surface area (Å²) in [6.07, 6.45) is 0. The van der Waals surface area contributed by atoms with Crippen LogP contribution in [0.25, 0.3) is 11.0 Å². The second-order valence-corrected chi connectivity index (χ2v) is 7.93. The van der Waals surface area contributed by atoms with Gasteiger partial charge in [0.05, 0.1) is 13.2 Å². The van der Waals surface area contributed by atoms with Gasteiger partial charge in [-0.25, -0.2) is 4.79 Å². The largest absolute Gasteiger partial charge is 0.450 e. The molecular formula is C25H26N4O5. The normalized spacial score (nSPS) is 11.0. The minimum absolute atomic E-state index is 0.0447. The summed E-state index contributed by atoms with van der Waals surface area (Å²) in [5.41, 5.74) is 1.90. The van der Waals surface area contributed by atoms with Crippen LogP contribution in [-0.2, 0) is 17.8 Å². The molecule has 0 aliphatic heterocycles. The van der Waals surface area contributed by atoms with Gasteiger partial charge in [-0.1, -0.05) is 48.5 Å². The van der Waals surface area contributed by atoms with E-state index in [0.29, 0.717) is 17.7 Å². The zero-order valence-electron chi connectivity index (χ0n) is 19.2. The Morgan fingerprint density at radius 3 is 2.56 bits per heavy atom. The van der Waals surface area contributed by atoms with E-state index >= 15 is 0 Å². The van der Waals surface area contributed by atoms with Crippen molar-refractivity contribution in [1.29, 1.82) is 0 Å². The number of methoxy groups -OCH3 is 1. The number of aryl methyl sites for hydroxylation is 2. The molecule has 2 aromatic carbocycles. The first-order valence-electron chi connectivity index (χ1n) is 10.8. The Morgan fingerprint density at radius 2 is 1.85 bits per heavy atom. The standard InChI is InChI=1S/C25H26N4O5/c1-15-8-7-11-18-16(2)21(34-20(15)18)24(31)27-22-19(26-14-17-9-5-4-6-10-17)23(30)28-25(32)29(22)12-13-33-3/h4-11,26H,12-14H2,1-3H3,(H,27,31)(H,28,30,32). The number of H-pyrrole nitrogens is 1. The van der Waals surface area contributed by atoms with E-state index in [0.717, 1.165) is 16.5 Å². The number of anilines is 2. The van der Waals surface area contributed by atoms with Crippen LogP contribution in [0, 0.1) is 13.8 Å². The van der Waals surface area contributed by atoms with E-state index in [4.69, 9.17) is 9.15 Å². The van der Waals surface area contributed by atoms with Crippen LogP contribution in [0.3, 0.4) is 0 Å². The summed E-state index contributed by atoms with van der Waals surface area (Å²) in [4.78, 5) is 41.0. The van der Waals surface area contributed by atoms with Crippen molar-refractivity contribution in [2.45, 2.75) is 26.9 Å². The van der Waals surface area contributed by atoms with E-state index in [1.807, 2.05) is 55.5 Å². The number of fused-ring (bicyclic) bond motifs is 1. The number of aromatic nitrogens is 2. The van der Waals surface area contributed by atoms with Gasteiger partial charge < -0.3 is 19.8 Å². The van der Waals surface area contributed by atoms with Gasteiger partial charge in [0.15, 0.2) is 5.76 Å². The number of furan rings is 1. The van der Waals surface area contributed by atoms with E-state index in [1.165, 1.54) is 11.7 Å². The smallest absolute Gasteiger partial charge is 0.330 e. The van der Waals surface area contributed by atoms with Crippen LogP contribution in [0.4, 0.5) is 11.5 Å². The van der Waals surface area contributed by atoms with Crippen molar-refractivity contribution in [2.75, 3.05) is 24.4 Å². The average Bonchev–Trinajstić information content (AvgIpc) is 3.17. The van der Waals surface area contributed by atoms with Gasteiger partial charge in [0.25, 0.3) is 11.5 Å². The first-order valence-corrected chi connectivity index (χ1v) is 10.8. The summed E-state index contributed by atoms with van der Waals surface area (Å²) < 4.78 is 12.3. The fourth-order valence-corrected chi connectivity index (χ4v) is 3.81. The molecule has 34 heavy (non-hydrogen) atoms. The molecule has 0 fully saturated rings. The number of carbonyl (C=O) groups excluding carboxylic acids is 1. The number of nitrogens with one attached hydrogen (secondary N) is 3. The summed E-state index contributed by atoms with van der Waals surface area (Å²) in [5.74, 6) is -0.403. The molecule has 2 heterocycles. The van der Waals surface area contributed by atoms with Crippen molar-refractivity contribution in [1.82, 2.24) is 9.55 Å². The van der Waals surface area contributed by atoms with Crippen molar-refractivity contribution in [3.05, 3.63) is 91.8 Å². The number of rotatable bonds is 8. The summed E-state index contributed by atoms with van der Waals surface area (Å²) in [6.45, 7) is 4.34. The number of para-hydroxylation sites is 1. The molecular weight excluding hydrogens is 436 g/mol. The Balaban J connectivity index is 1.76. The van der Waals surface area contributed by atoms with Gasteiger partial charge in [-0.2, -0.15) is 0 Å². The van der Waals surface area contributed by atoms with Crippen LogP contribution in [0.1, 0.15) is 27.2 Å². The lowest BCUT2D eigenvalue weighted by Crippen LogP contribution is -2.36. The number of carbonyl (C=O) groups is 1. The summed E-state index contributed by atoms with van der Waals surface area (Å²) in [6, 6.07) is 15.1. The lowest BCUT2D eigenvalue weighted by atomic mass is 10.1. The molecule has 0 saturated heterocycles. The molecule has 4 rings (SSSR count). The zero-order chi connectivity index (χ0) is 24.2. The molecule has 9 nitrogen and oxygen atoms in total. The van der Waals surface area contributed by atoms with Gasteiger partial charge in [-0.3, -0.25) is 19.1 Å². The number of hydrogen-bond acceptors (Lipinski definition) is 6. The molecule has 176 valence electrons. The Bertz CT molecular complexity index is 1450. The quantitative estimate of drug-likeness (QED) is 0.369. The minimum Gasteiger partial charge on any atom is -0.450 e. The summed E-state index contributed by atoms with van der Waals surface area (Å²) in [5, 5.41) is 6.62. The number of ether oxygens (including phenoxy) is 1. The van der Waals surface area contributed by atoms with E-state index < -0.39 is 17.2 Å². The average molecular weight is 463 g/mol. The molecule has 0 unspecified atom stereocenters. The third kappa shape index (κ3) is 4.51. The van der Waals surface area contributed by atoms with Crippen molar-refractivity contribution in [3.8, 4) is 0 Å². The molecule has 0 radical (unpaired) electrons. The molecule has 0 saturated carbocycles. The first-order chi connectivity index (χ1) is 16.4. The van der Waals surface area contributed by atoms with E-state index in [9.17, 15) is 14.4 Å². The van der Waals surface area contributed by atoms with E-state index in [-0.39, 0.29) is 30.4 Å². The summed E-state index contributed by atoms with van der Waals surface area (Å²) >= 11 is 0. The van der Waals surface area contributed by atoms with Crippen LogP contribution in [0.15, 0.2) is 62.5 Å². The van der Waals surface area contributed by atoms with Gasteiger partial charge in [0.2, 0.25) is 0 Å². The number of nitrogens with zero attached hydrogens (tertiary/aromatic N) is 1. The molecule has 4 aromatic rings. The minimum atomic E-state index is -0.653. The molecule has 1 amide bonds. The molecule has 0 spiro atoms. The Morgan fingerprint density at radius 1 is 1.09 bits per heavy atom. The zero-order valence-corrected chi connectivity index (χ0v) is 19.2. The van der Waals surface area contributed by atoms with Crippen molar-refractivity contribution in [2.24, 2.45) is 0 Å². The van der Waals surface area contributed by atoms with Gasteiger partial charge >= 0.3 is 5.69 Å². The number of aromatic amines is 1. The maximum atomic E-state index is 13.3. The monoisotopic (exact) mass is 462 g/mol. The Labute approximate surface area is 195 Å². The Hall–Kier alpha value is -4.11. The first kappa shape index (κ1) is 23.1. The van der Waals surface area contributed by atoms with E-state index in [2.05, 4.69) is 15.6 Å². The lowest BCUT2D eigenvalue weighted by Gasteiger charge is -2.17. The van der Waals surface area contributed by atoms with Crippen LogP contribution in [-0.4, -0.2) is 29.2 Å². The molecule has 0 atom stereocenters. The van der Waals surface area contributed by atoms with Crippen LogP contribution < -0.4 is 21.9 Å². The summed E-state index contributed by atoms with van der Waals surface area (Å²) in [7, 11) is 1.50. The molecule has 3 N–H and O–H groups in total. The third-order valence-electron chi connectivity index (χ3n) is 5.63. The molecule has 0 bridgehead atoms. The highest BCUT2D eigenvalue weighted by molar-refractivity contribution is 6.07. The number of benzene rings is 2. The molecule has 0 aliphatic carbocycles. The third-order valence-corrected chi connectivity index (χ3v) is 5.63. The predicted molar refractivity (Wildman–Crippen MR) is 131 cm³/mol. The second kappa shape index (κ2) is 9.80. The highest BCUT2D eigenvalue weighted by Crippen LogP contribution is 2.28. The number of amides is 1. The second-order valence-electron chi connectivity index (χ2n) is 7.93. The van der Waals surface area contributed by atoms with Crippen molar-refractivity contribution in [3.63, 3.8) is 0 Å². The number of hydrogen-bond donors (Lipinski definition) is 3. The molecule has 2 aromatic heterocycles. The SMILES string of the molecule is COCCn1c(NC(=O)c2oc3c(C)cccc3c2C)c(NCc2ccccc2)c(=O)[nH]c1=O. The van der Waals surface area contributed by atoms with Gasteiger partial charge in [0.1, 0.15) is 17.1 Å².